The summed E-state index contributed by atoms with van der Waals surface area (Å²) in [5.41, 5.74) is 1.75. The molecule has 0 N–H and O–H groups in total. The maximum absolute atomic E-state index is 14.2. The fourth-order valence-electron chi connectivity index (χ4n) is 4.55. The monoisotopic (exact) mass is 492 g/mol. The number of methoxy groups -OCH3 is 1. The van der Waals surface area contributed by atoms with E-state index in [1.54, 1.807) is 18.9 Å². The smallest absolute Gasteiger partial charge is 0.303 e. The predicted octanol–water partition coefficient (Wildman–Crippen LogP) is 5.30. The summed E-state index contributed by atoms with van der Waals surface area (Å²) in [5, 5.41) is 1.72. The van der Waals surface area contributed by atoms with Gasteiger partial charge in [-0.2, -0.15) is 0 Å². The van der Waals surface area contributed by atoms with E-state index in [-0.39, 0.29) is 5.91 Å². The maximum Gasteiger partial charge on any atom is 0.303 e. The molecule has 35 heavy (non-hydrogen) atoms. The summed E-state index contributed by atoms with van der Waals surface area (Å²) in [4.78, 5) is 31.5. The molecule has 0 aromatic heterocycles. The Morgan fingerprint density at radius 1 is 1.03 bits per heavy atom. The van der Waals surface area contributed by atoms with Crippen molar-refractivity contribution in [3.8, 4) is 5.75 Å². The first kappa shape index (κ1) is 25.1. The van der Waals surface area contributed by atoms with Gasteiger partial charge in [0.05, 0.1) is 18.0 Å². The summed E-state index contributed by atoms with van der Waals surface area (Å²) in [5.74, 6) is 0.0501. The number of esters is 1. The summed E-state index contributed by atoms with van der Waals surface area (Å²) < 4.78 is 11.1. The number of ether oxygens (including phenoxy) is 2. The van der Waals surface area contributed by atoms with Gasteiger partial charge in [0.25, 0.3) is 5.91 Å². The zero-order chi connectivity index (χ0) is 24.9. The molecule has 0 radical (unpaired) electrons. The number of nitrogens with zero attached hydrogens (tertiary/aromatic N) is 2. The van der Waals surface area contributed by atoms with Gasteiger partial charge in [-0.1, -0.05) is 50.2 Å². The lowest BCUT2D eigenvalue weighted by atomic mass is 10.0. The number of hydrogen-bond acceptors (Lipinski definition) is 6. The number of thioether (sulfide) groups is 1. The lowest BCUT2D eigenvalue weighted by Gasteiger charge is -2.35. The Morgan fingerprint density at radius 2 is 1.71 bits per heavy atom. The van der Waals surface area contributed by atoms with Crippen LogP contribution in [0.15, 0.2) is 65.6 Å². The third kappa shape index (κ3) is 5.31. The van der Waals surface area contributed by atoms with Crippen LogP contribution in [0.2, 0.25) is 0 Å². The average Bonchev–Trinajstić information content (AvgIpc) is 2.87. The van der Waals surface area contributed by atoms with Gasteiger partial charge in [0.15, 0.2) is 6.10 Å². The first-order chi connectivity index (χ1) is 17.0. The molecule has 0 fully saturated rings. The van der Waals surface area contributed by atoms with E-state index in [0.29, 0.717) is 6.54 Å². The largest absolute Gasteiger partial charge is 0.497 e. The Kier molecular flexibility index (Phi) is 7.98. The van der Waals surface area contributed by atoms with E-state index in [4.69, 9.17) is 9.47 Å². The van der Waals surface area contributed by atoms with Crippen molar-refractivity contribution in [1.29, 1.82) is 0 Å². The minimum atomic E-state index is -0.966. The molecule has 0 bridgehead atoms. The van der Waals surface area contributed by atoms with Crippen LogP contribution in [0.5, 0.6) is 5.75 Å². The van der Waals surface area contributed by atoms with Gasteiger partial charge in [0.1, 0.15) is 5.75 Å². The minimum Gasteiger partial charge on any atom is -0.497 e. The fourth-order valence-corrected chi connectivity index (χ4v) is 5.91. The number of likely N-dealkylation sites (N-methyl/N-ethyl adjacent to an activating group) is 1. The quantitative estimate of drug-likeness (QED) is 0.398. The van der Waals surface area contributed by atoms with Crippen LogP contribution in [-0.4, -0.2) is 56.2 Å². The van der Waals surface area contributed by atoms with Gasteiger partial charge in [-0.15, -0.1) is 11.8 Å². The highest BCUT2D eigenvalue weighted by molar-refractivity contribution is 7.99. The normalized spacial score (nSPS) is 17.9. The van der Waals surface area contributed by atoms with Crippen LogP contribution < -0.4 is 9.64 Å². The van der Waals surface area contributed by atoms with Crippen molar-refractivity contribution < 1.29 is 19.1 Å². The zero-order valence-corrected chi connectivity index (χ0v) is 21.5. The Morgan fingerprint density at radius 3 is 2.34 bits per heavy atom. The van der Waals surface area contributed by atoms with Crippen molar-refractivity contribution in [2.75, 3.05) is 38.2 Å². The van der Waals surface area contributed by atoms with Crippen LogP contribution in [0.4, 0.5) is 5.69 Å². The summed E-state index contributed by atoms with van der Waals surface area (Å²) in [6.07, 6.45) is -0.966. The molecular weight excluding hydrogens is 460 g/mol. The predicted molar refractivity (Wildman–Crippen MR) is 141 cm³/mol. The molecule has 0 aliphatic carbocycles. The van der Waals surface area contributed by atoms with Crippen LogP contribution in [0.25, 0.3) is 10.8 Å². The second kappa shape index (κ2) is 11.1. The van der Waals surface area contributed by atoms with E-state index in [2.05, 4.69) is 36.9 Å². The van der Waals surface area contributed by atoms with E-state index in [1.165, 1.54) is 6.92 Å². The summed E-state index contributed by atoms with van der Waals surface area (Å²) in [6.45, 7) is 8.63. The Balaban J connectivity index is 1.88. The highest BCUT2D eigenvalue weighted by Gasteiger charge is 2.39. The summed E-state index contributed by atoms with van der Waals surface area (Å²) in [6, 6.07) is 19.8. The van der Waals surface area contributed by atoms with Crippen molar-refractivity contribution in [2.45, 2.75) is 37.0 Å². The molecule has 3 aromatic rings. The number of carbonyl (C=O) groups excluding carboxylic acids is 2. The summed E-state index contributed by atoms with van der Waals surface area (Å²) >= 11 is 1.56. The van der Waals surface area contributed by atoms with Gasteiger partial charge < -0.3 is 19.3 Å². The molecule has 1 heterocycles. The van der Waals surface area contributed by atoms with E-state index >= 15 is 0 Å². The van der Waals surface area contributed by atoms with E-state index in [0.717, 1.165) is 52.3 Å². The molecule has 2 atom stereocenters. The third-order valence-electron chi connectivity index (χ3n) is 6.45. The summed E-state index contributed by atoms with van der Waals surface area (Å²) in [7, 11) is 1.62. The lowest BCUT2D eigenvalue weighted by molar-refractivity contribution is -0.152. The molecule has 6 nitrogen and oxygen atoms in total. The van der Waals surface area contributed by atoms with Gasteiger partial charge in [0, 0.05) is 30.3 Å². The standard InChI is InChI=1S/C28H32N2O4S/c1-5-29(6-2)17-18-30-23-11-7-9-20-10-8-12-24(25(20)23)35-27(26(28(30)32)34-19(3)31)21-13-15-22(33-4)16-14-21/h7-16,26-27H,5-6,17-18H2,1-4H3/t26-,27+/m1/s1. The van der Waals surface area contributed by atoms with Crippen LogP contribution in [0.3, 0.4) is 0 Å². The average molecular weight is 493 g/mol. The van der Waals surface area contributed by atoms with Crippen molar-refractivity contribution in [3.63, 3.8) is 0 Å². The first-order valence-electron chi connectivity index (χ1n) is 12.0. The molecule has 7 heteroatoms. The number of benzene rings is 3. The maximum atomic E-state index is 14.2. The van der Waals surface area contributed by atoms with Gasteiger partial charge >= 0.3 is 5.97 Å². The van der Waals surface area contributed by atoms with Gasteiger partial charge in [-0.05, 0) is 48.3 Å². The topological polar surface area (TPSA) is 59.1 Å². The first-order valence-corrected chi connectivity index (χ1v) is 12.9. The van der Waals surface area contributed by atoms with E-state index in [1.807, 2.05) is 47.4 Å². The van der Waals surface area contributed by atoms with Crippen molar-refractivity contribution >= 4 is 40.1 Å². The van der Waals surface area contributed by atoms with Crippen LogP contribution >= 0.6 is 11.8 Å². The van der Waals surface area contributed by atoms with Gasteiger partial charge in [-0.25, -0.2) is 0 Å². The molecule has 3 aromatic carbocycles. The molecule has 1 aliphatic rings. The molecule has 0 unspecified atom stereocenters. The van der Waals surface area contributed by atoms with Crippen LogP contribution in [0.1, 0.15) is 31.6 Å². The van der Waals surface area contributed by atoms with Crippen molar-refractivity contribution in [3.05, 3.63) is 66.2 Å². The molecule has 1 amide bonds. The number of rotatable bonds is 8. The van der Waals surface area contributed by atoms with E-state index < -0.39 is 17.3 Å². The van der Waals surface area contributed by atoms with Gasteiger partial charge in [-0.3, -0.25) is 9.59 Å². The Labute approximate surface area is 211 Å². The molecule has 0 spiro atoms. The van der Waals surface area contributed by atoms with Gasteiger partial charge in [0.2, 0.25) is 0 Å². The SMILES string of the molecule is CCN(CC)CCN1C(=O)[C@H](OC(C)=O)[C@H](c2ccc(OC)cc2)Sc2cccc3cccc1c23. The third-order valence-corrected chi connectivity index (χ3v) is 7.81. The van der Waals surface area contributed by atoms with Crippen LogP contribution in [0, 0.1) is 0 Å². The lowest BCUT2D eigenvalue weighted by Crippen LogP contribution is -2.47. The molecule has 4 rings (SSSR count). The second-order valence-corrected chi connectivity index (χ2v) is 9.67. The Hall–Kier alpha value is -3.03. The van der Waals surface area contributed by atoms with E-state index in [9.17, 15) is 9.59 Å². The molecule has 0 saturated heterocycles. The number of anilines is 1. The van der Waals surface area contributed by atoms with Crippen molar-refractivity contribution in [1.82, 2.24) is 4.90 Å². The highest BCUT2D eigenvalue weighted by Crippen LogP contribution is 2.47. The molecule has 184 valence electrons. The fraction of sp³-hybridized carbons (Fsp3) is 0.357. The number of carbonyl (C=O) groups is 2. The molecular formula is C28H32N2O4S. The Bertz CT molecular complexity index is 1190. The minimum absolute atomic E-state index is 0.206. The van der Waals surface area contributed by atoms with Crippen molar-refractivity contribution in [2.24, 2.45) is 0 Å². The second-order valence-electron chi connectivity index (χ2n) is 8.49. The molecule has 0 saturated carbocycles. The highest BCUT2D eigenvalue weighted by atomic mass is 32.2. The number of amides is 1. The van der Waals surface area contributed by atoms with Crippen LogP contribution in [-0.2, 0) is 14.3 Å². The zero-order valence-electron chi connectivity index (χ0n) is 20.7. The molecule has 1 aliphatic heterocycles. The number of hydrogen-bond donors (Lipinski definition) is 0.